The van der Waals surface area contributed by atoms with Crippen LogP contribution in [0, 0.1) is 5.82 Å². The molecule has 0 atom stereocenters. The zero-order chi connectivity index (χ0) is 9.14. The van der Waals surface area contributed by atoms with Gasteiger partial charge >= 0.3 is 0 Å². The van der Waals surface area contributed by atoms with Crippen molar-refractivity contribution in [3.8, 4) is 5.75 Å². The fourth-order valence-electron chi connectivity index (χ4n) is 0.965. The quantitative estimate of drug-likeness (QED) is 0.744. The van der Waals surface area contributed by atoms with E-state index < -0.39 is 11.6 Å². The van der Waals surface area contributed by atoms with E-state index in [1.54, 1.807) is 0 Å². The van der Waals surface area contributed by atoms with E-state index in [9.17, 15) is 9.50 Å². The second-order valence-electron chi connectivity index (χ2n) is 2.40. The van der Waals surface area contributed by atoms with Crippen molar-refractivity contribution in [3.05, 3.63) is 28.5 Å². The van der Waals surface area contributed by atoms with Gasteiger partial charge in [0.15, 0.2) is 11.6 Å². The molecule has 0 aliphatic carbocycles. The van der Waals surface area contributed by atoms with Gasteiger partial charge in [-0.3, -0.25) is 0 Å². The Hall–Kier alpha value is -0.800. The first-order chi connectivity index (χ1) is 5.66. The van der Waals surface area contributed by atoms with E-state index in [0.29, 0.717) is 23.6 Å². The minimum atomic E-state index is -0.664. The predicted molar refractivity (Wildman–Crippen MR) is 45.8 cm³/mol. The van der Waals surface area contributed by atoms with Crippen LogP contribution in [0.3, 0.4) is 0 Å². The Labute approximate surface area is 74.8 Å². The van der Waals surface area contributed by atoms with Gasteiger partial charge in [0.2, 0.25) is 0 Å². The van der Waals surface area contributed by atoms with E-state index in [2.05, 4.69) is 0 Å². The summed E-state index contributed by atoms with van der Waals surface area (Å²) in [5.74, 6) is -1.06. The molecule has 1 aromatic rings. The summed E-state index contributed by atoms with van der Waals surface area (Å²) in [4.78, 5) is 0. The molecule has 0 aliphatic heterocycles. The smallest absolute Gasteiger partial charge is 0.165 e. The first-order valence-corrected chi connectivity index (χ1v) is 3.90. The molecule has 0 heterocycles. The zero-order valence-corrected chi connectivity index (χ0v) is 7.11. The van der Waals surface area contributed by atoms with E-state index >= 15 is 0 Å². The number of hydrogen-bond acceptors (Lipinski definition) is 2. The molecule has 0 spiro atoms. The van der Waals surface area contributed by atoms with Crippen molar-refractivity contribution in [2.24, 2.45) is 5.73 Å². The number of rotatable bonds is 2. The Kier molecular flexibility index (Phi) is 2.89. The number of halogens is 2. The largest absolute Gasteiger partial charge is 0.505 e. The highest BCUT2D eigenvalue weighted by molar-refractivity contribution is 6.31. The fraction of sp³-hybridized carbons (Fsp3) is 0.250. The average Bonchev–Trinajstić information content (AvgIpc) is 2.06. The highest BCUT2D eigenvalue weighted by atomic mass is 35.5. The summed E-state index contributed by atoms with van der Waals surface area (Å²) in [6.45, 7) is 0.330. The summed E-state index contributed by atoms with van der Waals surface area (Å²) in [7, 11) is 0. The molecule has 0 aliphatic rings. The van der Waals surface area contributed by atoms with E-state index in [-0.39, 0.29) is 0 Å². The third kappa shape index (κ3) is 1.68. The van der Waals surface area contributed by atoms with Crippen LogP contribution >= 0.6 is 11.6 Å². The molecule has 1 rings (SSSR count). The summed E-state index contributed by atoms with van der Waals surface area (Å²) in [6, 6.07) is 2.53. The van der Waals surface area contributed by atoms with Gasteiger partial charge in [-0.15, -0.1) is 0 Å². The van der Waals surface area contributed by atoms with Gasteiger partial charge in [-0.25, -0.2) is 4.39 Å². The van der Waals surface area contributed by atoms with Gasteiger partial charge in [0.25, 0.3) is 0 Å². The molecular formula is C8H9ClFNO. The van der Waals surface area contributed by atoms with E-state index in [1.807, 2.05) is 0 Å². The summed E-state index contributed by atoms with van der Waals surface area (Å²) in [6.07, 6.45) is 0.377. The lowest BCUT2D eigenvalue weighted by molar-refractivity contribution is 0.426. The van der Waals surface area contributed by atoms with Gasteiger partial charge in [-0.2, -0.15) is 0 Å². The van der Waals surface area contributed by atoms with Crippen LogP contribution in [0.25, 0.3) is 0 Å². The maximum absolute atomic E-state index is 12.7. The standard InChI is InChI=1S/C8H9ClFNO/c9-6-1-2-7(10)8(12)5(6)3-4-11/h1-2,12H,3-4,11H2. The average molecular weight is 190 g/mol. The third-order valence-electron chi connectivity index (χ3n) is 1.57. The number of nitrogens with two attached hydrogens (primary N) is 1. The Morgan fingerprint density at radius 1 is 1.50 bits per heavy atom. The van der Waals surface area contributed by atoms with Crippen molar-refractivity contribution in [1.29, 1.82) is 0 Å². The topological polar surface area (TPSA) is 46.2 Å². The zero-order valence-electron chi connectivity index (χ0n) is 6.35. The number of hydrogen-bond donors (Lipinski definition) is 2. The molecule has 0 radical (unpaired) electrons. The predicted octanol–water partition coefficient (Wildman–Crippen LogP) is 1.69. The minimum Gasteiger partial charge on any atom is -0.505 e. The Morgan fingerprint density at radius 2 is 2.17 bits per heavy atom. The first kappa shape index (κ1) is 9.29. The Balaban J connectivity index is 3.14. The minimum absolute atomic E-state index is 0.330. The molecule has 0 unspecified atom stereocenters. The highest BCUT2D eigenvalue weighted by Gasteiger charge is 2.09. The maximum atomic E-state index is 12.7. The van der Waals surface area contributed by atoms with Gasteiger partial charge in [-0.1, -0.05) is 11.6 Å². The first-order valence-electron chi connectivity index (χ1n) is 3.52. The molecule has 0 saturated carbocycles. The highest BCUT2D eigenvalue weighted by Crippen LogP contribution is 2.28. The van der Waals surface area contributed by atoms with Crippen LogP contribution < -0.4 is 5.73 Å². The van der Waals surface area contributed by atoms with Crippen LogP contribution in [0.1, 0.15) is 5.56 Å². The molecule has 12 heavy (non-hydrogen) atoms. The number of phenolic OH excluding ortho intramolecular Hbond substituents is 1. The molecule has 66 valence electrons. The summed E-state index contributed by atoms with van der Waals surface area (Å²) >= 11 is 5.70. The van der Waals surface area contributed by atoms with Crippen molar-refractivity contribution in [2.45, 2.75) is 6.42 Å². The lowest BCUT2D eigenvalue weighted by Crippen LogP contribution is -2.03. The second-order valence-corrected chi connectivity index (χ2v) is 2.80. The van der Waals surface area contributed by atoms with Gasteiger partial charge in [0, 0.05) is 10.6 Å². The normalized spacial score (nSPS) is 10.2. The molecule has 0 saturated heterocycles. The Morgan fingerprint density at radius 3 is 2.75 bits per heavy atom. The van der Waals surface area contributed by atoms with Crippen LogP contribution in [0.2, 0.25) is 5.02 Å². The van der Waals surface area contributed by atoms with Gasteiger partial charge in [-0.05, 0) is 25.1 Å². The molecule has 0 amide bonds. The third-order valence-corrected chi connectivity index (χ3v) is 1.92. The van der Waals surface area contributed by atoms with Gasteiger partial charge < -0.3 is 10.8 Å². The maximum Gasteiger partial charge on any atom is 0.165 e. The Bertz CT molecular complexity index is 291. The second kappa shape index (κ2) is 3.74. The lowest BCUT2D eigenvalue weighted by atomic mass is 10.1. The fourth-order valence-corrected chi connectivity index (χ4v) is 1.21. The van der Waals surface area contributed by atoms with Crippen molar-refractivity contribution < 1.29 is 9.50 Å². The molecule has 0 bridgehead atoms. The van der Waals surface area contributed by atoms with E-state index in [0.717, 1.165) is 6.07 Å². The van der Waals surface area contributed by atoms with Gasteiger partial charge in [0.05, 0.1) is 0 Å². The summed E-state index contributed by atoms with van der Waals surface area (Å²) in [5.41, 5.74) is 5.63. The van der Waals surface area contributed by atoms with Crippen LogP contribution in [-0.4, -0.2) is 11.7 Å². The molecular weight excluding hydrogens is 181 g/mol. The molecule has 0 aromatic heterocycles. The monoisotopic (exact) mass is 189 g/mol. The summed E-state index contributed by atoms with van der Waals surface area (Å²) in [5, 5.41) is 9.54. The molecule has 4 heteroatoms. The number of aromatic hydroxyl groups is 1. The van der Waals surface area contributed by atoms with E-state index in [4.69, 9.17) is 17.3 Å². The van der Waals surface area contributed by atoms with Crippen LogP contribution in [0.15, 0.2) is 12.1 Å². The molecule has 2 nitrogen and oxygen atoms in total. The van der Waals surface area contributed by atoms with Crippen LogP contribution in [-0.2, 0) is 6.42 Å². The summed E-state index contributed by atoms with van der Waals surface area (Å²) < 4.78 is 12.7. The van der Waals surface area contributed by atoms with Crippen molar-refractivity contribution in [1.82, 2.24) is 0 Å². The van der Waals surface area contributed by atoms with Gasteiger partial charge in [0.1, 0.15) is 0 Å². The molecule has 0 fully saturated rings. The number of phenols is 1. The lowest BCUT2D eigenvalue weighted by Gasteiger charge is -2.05. The number of benzene rings is 1. The molecule has 3 N–H and O–H groups in total. The van der Waals surface area contributed by atoms with Crippen molar-refractivity contribution in [2.75, 3.05) is 6.54 Å². The van der Waals surface area contributed by atoms with Crippen molar-refractivity contribution >= 4 is 11.6 Å². The van der Waals surface area contributed by atoms with Crippen molar-refractivity contribution in [3.63, 3.8) is 0 Å². The SMILES string of the molecule is NCCc1c(Cl)ccc(F)c1O. The van der Waals surface area contributed by atoms with Crippen LogP contribution in [0.4, 0.5) is 4.39 Å². The van der Waals surface area contributed by atoms with Crippen LogP contribution in [0.5, 0.6) is 5.75 Å². The van der Waals surface area contributed by atoms with E-state index in [1.165, 1.54) is 6.07 Å². The molecule has 1 aromatic carbocycles.